The highest BCUT2D eigenvalue weighted by molar-refractivity contribution is 7.98. The van der Waals surface area contributed by atoms with Gasteiger partial charge in [0, 0.05) is 28.3 Å². The number of fused-ring (bicyclic) bond motifs is 1. The zero-order chi connectivity index (χ0) is 20.1. The van der Waals surface area contributed by atoms with Gasteiger partial charge in [0.2, 0.25) is 0 Å². The monoisotopic (exact) mass is 413 g/mol. The van der Waals surface area contributed by atoms with Crippen LogP contribution in [0.5, 0.6) is 5.75 Å². The summed E-state index contributed by atoms with van der Waals surface area (Å²) in [6.45, 7) is 0.805. The van der Waals surface area contributed by atoms with Crippen LogP contribution in [-0.2, 0) is 23.5 Å². The number of furan rings is 1. The van der Waals surface area contributed by atoms with Crippen LogP contribution < -0.4 is 10.1 Å². The Hall–Kier alpha value is -2.77. The van der Waals surface area contributed by atoms with Crippen LogP contribution in [-0.4, -0.2) is 19.2 Å². The molecule has 0 atom stereocenters. The molecule has 1 amide bonds. The summed E-state index contributed by atoms with van der Waals surface area (Å²) < 4.78 is 29.9. The maximum atomic E-state index is 13.8. The van der Waals surface area contributed by atoms with Crippen molar-refractivity contribution in [3.05, 3.63) is 83.1 Å². The summed E-state index contributed by atoms with van der Waals surface area (Å²) in [6.07, 6.45) is 1.97. The van der Waals surface area contributed by atoms with Crippen molar-refractivity contribution in [2.75, 3.05) is 13.3 Å². The lowest BCUT2D eigenvalue weighted by Gasteiger charge is -2.20. The molecular formula is C22H20FNO4S. The Morgan fingerprint density at radius 3 is 2.86 bits per heavy atom. The van der Waals surface area contributed by atoms with Crippen molar-refractivity contribution in [1.82, 2.24) is 5.32 Å². The lowest BCUT2D eigenvalue weighted by Crippen LogP contribution is -2.26. The highest BCUT2D eigenvalue weighted by Crippen LogP contribution is 2.29. The second-order valence-corrected chi connectivity index (χ2v) is 7.60. The summed E-state index contributed by atoms with van der Waals surface area (Å²) in [6, 6.07) is 14.6. The Bertz CT molecular complexity index is 990. The third-order valence-corrected chi connectivity index (χ3v) is 5.58. The molecule has 5 nitrogen and oxygen atoms in total. The summed E-state index contributed by atoms with van der Waals surface area (Å²) in [5.41, 5.74) is 2.23. The van der Waals surface area contributed by atoms with E-state index in [1.807, 2.05) is 36.4 Å². The zero-order valence-corrected chi connectivity index (χ0v) is 16.5. The van der Waals surface area contributed by atoms with Crippen molar-refractivity contribution in [3.8, 4) is 5.75 Å². The molecular weight excluding hydrogens is 393 g/mol. The Kier molecular flexibility index (Phi) is 6.17. The molecule has 0 radical (unpaired) electrons. The predicted molar refractivity (Wildman–Crippen MR) is 107 cm³/mol. The van der Waals surface area contributed by atoms with Crippen molar-refractivity contribution in [2.24, 2.45) is 0 Å². The van der Waals surface area contributed by atoms with E-state index in [2.05, 4.69) is 5.32 Å². The molecule has 2 aromatic carbocycles. The van der Waals surface area contributed by atoms with Crippen LogP contribution in [0.2, 0.25) is 0 Å². The topological polar surface area (TPSA) is 60.7 Å². The zero-order valence-electron chi connectivity index (χ0n) is 15.7. The Morgan fingerprint density at radius 1 is 1.14 bits per heavy atom. The van der Waals surface area contributed by atoms with Crippen molar-refractivity contribution in [3.63, 3.8) is 0 Å². The summed E-state index contributed by atoms with van der Waals surface area (Å²) in [5, 5.41) is 2.85. The number of ether oxygens (including phenoxy) is 2. The van der Waals surface area contributed by atoms with Crippen LogP contribution in [0, 0.1) is 5.82 Å². The molecule has 0 bridgehead atoms. The SMILES string of the molecule is O=C(NCCc1cc(F)cc2c1OCOC2)c1occc1CSc1ccccc1. The minimum absolute atomic E-state index is 0.146. The lowest BCUT2D eigenvalue weighted by atomic mass is 10.1. The number of nitrogens with one attached hydrogen (secondary N) is 1. The quantitative estimate of drug-likeness (QED) is 0.576. The number of carbonyl (C=O) groups is 1. The van der Waals surface area contributed by atoms with E-state index in [1.54, 1.807) is 11.8 Å². The van der Waals surface area contributed by atoms with Crippen LogP contribution in [0.15, 0.2) is 64.1 Å². The predicted octanol–water partition coefficient (Wildman–Crippen LogP) is 4.55. The molecule has 1 aliphatic heterocycles. The summed E-state index contributed by atoms with van der Waals surface area (Å²) in [7, 11) is 0. The van der Waals surface area contributed by atoms with E-state index in [4.69, 9.17) is 13.9 Å². The standard InChI is InChI=1S/C22H20FNO4S/c23-18-10-15(20-17(11-18)12-26-14-28-20)6-8-24-22(25)21-16(7-9-27-21)13-29-19-4-2-1-3-5-19/h1-5,7,9-11H,6,8,12-14H2,(H,24,25). The number of hydrogen-bond acceptors (Lipinski definition) is 5. The highest BCUT2D eigenvalue weighted by atomic mass is 32.2. The van der Waals surface area contributed by atoms with E-state index >= 15 is 0 Å². The van der Waals surface area contributed by atoms with E-state index in [0.29, 0.717) is 48.0 Å². The molecule has 150 valence electrons. The second kappa shape index (κ2) is 9.15. The van der Waals surface area contributed by atoms with Crippen molar-refractivity contribution < 1.29 is 23.1 Å². The third kappa shape index (κ3) is 4.81. The van der Waals surface area contributed by atoms with Crippen molar-refractivity contribution >= 4 is 17.7 Å². The van der Waals surface area contributed by atoms with Gasteiger partial charge in [-0.3, -0.25) is 4.79 Å². The molecule has 2 heterocycles. The molecule has 1 N–H and O–H groups in total. The first-order valence-corrected chi connectivity index (χ1v) is 10.2. The number of halogens is 1. The van der Waals surface area contributed by atoms with Crippen molar-refractivity contribution in [2.45, 2.75) is 23.7 Å². The van der Waals surface area contributed by atoms with Gasteiger partial charge in [-0.1, -0.05) is 18.2 Å². The number of hydrogen-bond donors (Lipinski definition) is 1. The molecule has 3 aromatic rings. The molecule has 1 aromatic heterocycles. The van der Waals surface area contributed by atoms with Gasteiger partial charge in [-0.2, -0.15) is 0 Å². The fraction of sp³-hybridized carbons (Fsp3) is 0.227. The molecule has 0 aliphatic carbocycles. The number of benzene rings is 2. The van der Waals surface area contributed by atoms with Gasteiger partial charge in [0.25, 0.3) is 5.91 Å². The Labute approximate surface area is 172 Å². The fourth-order valence-electron chi connectivity index (χ4n) is 3.16. The normalized spacial score (nSPS) is 12.9. The van der Waals surface area contributed by atoms with Gasteiger partial charge in [-0.05, 0) is 42.3 Å². The smallest absolute Gasteiger partial charge is 0.287 e. The molecule has 0 spiro atoms. The van der Waals surface area contributed by atoms with Crippen LogP contribution >= 0.6 is 11.8 Å². The molecule has 0 unspecified atom stereocenters. The first kappa shape index (κ1) is 19.5. The van der Waals surface area contributed by atoms with Crippen molar-refractivity contribution in [1.29, 1.82) is 0 Å². The third-order valence-electron chi connectivity index (χ3n) is 4.52. The first-order valence-electron chi connectivity index (χ1n) is 9.25. The maximum absolute atomic E-state index is 13.8. The first-order chi connectivity index (χ1) is 14.2. The molecule has 7 heteroatoms. The van der Waals surface area contributed by atoms with Crippen LogP contribution in [0.1, 0.15) is 27.2 Å². The van der Waals surface area contributed by atoms with E-state index in [0.717, 1.165) is 10.5 Å². The average Bonchev–Trinajstić information content (AvgIpc) is 3.21. The number of rotatable bonds is 7. The molecule has 29 heavy (non-hydrogen) atoms. The molecule has 0 fully saturated rings. The van der Waals surface area contributed by atoms with Crippen LogP contribution in [0.25, 0.3) is 0 Å². The Morgan fingerprint density at radius 2 is 2.00 bits per heavy atom. The summed E-state index contributed by atoms with van der Waals surface area (Å²) >= 11 is 1.64. The fourth-order valence-corrected chi connectivity index (χ4v) is 4.06. The van der Waals surface area contributed by atoms with Gasteiger partial charge < -0.3 is 19.2 Å². The number of amides is 1. The van der Waals surface area contributed by atoms with Gasteiger partial charge >= 0.3 is 0 Å². The van der Waals surface area contributed by atoms with Gasteiger partial charge in [0.15, 0.2) is 12.6 Å². The number of carbonyl (C=O) groups excluding carboxylic acids is 1. The molecule has 0 saturated heterocycles. The molecule has 0 saturated carbocycles. The molecule has 1 aliphatic rings. The summed E-state index contributed by atoms with van der Waals surface area (Å²) in [4.78, 5) is 13.7. The second-order valence-electron chi connectivity index (χ2n) is 6.55. The van der Waals surface area contributed by atoms with E-state index in [-0.39, 0.29) is 18.5 Å². The largest absolute Gasteiger partial charge is 0.467 e. The maximum Gasteiger partial charge on any atom is 0.287 e. The summed E-state index contributed by atoms with van der Waals surface area (Å²) in [5.74, 6) is 0.955. The average molecular weight is 413 g/mol. The Balaban J connectivity index is 1.35. The van der Waals surface area contributed by atoms with E-state index in [1.165, 1.54) is 18.4 Å². The van der Waals surface area contributed by atoms with Gasteiger partial charge in [0.05, 0.1) is 12.9 Å². The highest BCUT2D eigenvalue weighted by Gasteiger charge is 2.18. The number of thioether (sulfide) groups is 1. The minimum atomic E-state index is -0.342. The lowest BCUT2D eigenvalue weighted by molar-refractivity contribution is -0.0172. The van der Waals surface area contributed by atoms with E-state index < -0.39 is 0 Å². The van der Waals surface area contributed by atoms with Gasteiger partial charge in [0.1, 0.15) is 11.6 Å². The van der Waals surface area contributed by atoms with Crippen LogP contribution in [0.4, 0.5) is 4.39 Å². The van der Waals surface area contributed by atoms with Gasteiger partial charge in [-0.15, -0.1) is 11.8 Å². The molecule has 4 rings (SSSR count). The van der Waals surface area contributed by atoms with Gasteiger partial charge in [-0.25, -0.2) is 4.39 Å². The minimum Gasteiger partial charge on any atom is -0.467 e. The van der Waals surface area contributed by atoms with Crippen LogP contribution in [0.3, 0.4) is 0 Å². The van der Waals surface area contributed by atoms with E-state index in [9.17, 15) is 9.18 Å².